The highest BCUT2D eigenvalue weighted by atomic mass is 16.5. The molecule has 1 atom stereocenters. The number of aryl methyl sites for hydroxylation is 1. The van der Waals surface area contributed by atoms with Gasteiger partial charge in [-0.3, -0.25) is 4.79 Å². The van der Waals surface area contributed by atoms with Gasteiger partial charge in [-0.2, -0.15) is 0 Å². The van der Waals surface area contributed by atoms with Gasteiger partial charge in [0.15, 0.2) is 17.4 Å². The van der Waals surface area contributed by atoms with Crippen LogP contribution in [-0.4, -0.2) is 30.0 Å². The van der Waals surface area contributed by atoms with E-state index in [9.17, 15) is 4.79 Å². The molecule has 4 heteroatoms. The number of carbonyl (C=O) groups is 1. The maximum Gasteiger partial charge on any atom is 0.172 e. The van der Waals surface area contributed by atoms with E-state index in [0.29, 0.717) is 19.6 Å². The second-order valence-corrected chi connectivity index (χ2v) is 4.12. The van der Waals surface area contributed by atoms with Crippen LogP contribution in [0, 0.1) is 6.92 Å². The van der Waals surface area contributed by atoms with Crippen molar-refractivity contribution in [3.63, 3.8) is 0 Å². The van der Waals surface area contributed by atoms with E-state index >= 15 is 0 Å². The normalized spacial score (nSPS) is 21.0. The molecule has 0 radical (unpaired) electrons. The molecule has 0 amide bonds. The van der Waals surface area contributed by atoms with Crippen LogP contribution in [0.1, 0.15) is 25.8 Å². The number of hydrogen-bond donors (Lipinski definition) is 0. The van der Waals surface area contributed by atoms with E-state index in [1.165, 1.54) is 0 Å². The minimum absolute atomic E-state index is 0.194. The predicted octanol–water partition coefficient (Wildman–Crippen LogP) is 1.96. The molecule has 0 aromatic carbocycles. The highest BCUT2D eigenvalue weighted by Gasteiger charge is 2.37. The molecule has 2 aliphatic rings. The summed E-state index contributed by atoms with van der Waals surface area (Å²) in [6.45, 7) is 7.08. The Hall–Kier alpha value is -1.58. The first-order valence-corrected chi connectivity index (χ1v) is 6.12. The van der Waals surface area contributed by atoms with Gasteiger partial charge in [-0.25, -0.2) is 4.98 Å². The van der Waals surface area contributed by atoms with E-state index in [-0.39, 0.29) is 11.8 Å². The van der Waals surface area contributed by atoms with Crippen LogP contribution >= 0.6 is 0 Å². The lowest BCUT2D eigenvalue weighted by atomic mass is 10.2. The second kappa shape index (κ2) is 4.73. The van der Waals surface area contributed by atoms with E-state index < -0.39 is 0 Å². The summed E-state index contributed by atoms with van der Waals surface area (Å²) in [7, 11) is 0. The minimum atomic E-state index is 0.194. The van der Waals surface area contributed by atoms with Crippen LogP contribution in [0.5, 0.6) is 5.75 Å². The standard InChI is InChI=1S/C11H12N2O2.C2H6/c1-7-2-3-12-11-10(7)15-6-8-4-9(14)5-13(8)11;1-2/h2-3,8H,4-6H2,1H3;1-2H3. The van der Waals surface area contributed by atoms with Crippen LogP contribution < -0.4 is 9.64 Å². The van der Waals surface area contributed by atoms with Gasteiger partial charge in [-0.1, -0.05) is 13.8 Å². The van der Waals surface area contributed by atoms with Crippen LogP contribution in [0.3, 0.4) is 0 Å². The molecular weight excluding hydrogens is 216 g/mol. The van der Waals surface area contributed by atoms with E-state index in [0.717, 1.165) is 17.1 Å². The maximum absolute atomic E-state index is 11.4. The smallest absolute Gasteiger partial charge is 0.172 e. The number of ketones is 1. The molecule has 3 heterocycles. The van der Waals surface area contributed by atoms with Crippen molar-refractivity contribution in [3.8, 4) is 5.75 Å². The summed E-state index contributed by atoms with van der Waals surface area (Å²) in [5.41, 5.74) is 1.08. The average Bonchev–Trinajstić information content (AvgIpc) is 2.73. The van der Waals surface area contributed by atoms with Crippen molar-refractivity contribution in [2.24, 2.45) is 0 Å². The Labute approximate surface area is 102 Å². The first kappa shape index (κ1) is 11.9. The summed E-state index contributed by atoms with van der Waals surface area (Å²) >= 11 is 0. The Morgan fingerprint density at radius 2 is 2.24 bits per heavy atom. The first-order valence-electron chi connectivity index (χ1n) is 6.12. The van der Waals surface area contributed by atoms with Gasteiger partial charge in [0, 0.05) is 12.6 Å². The Balaban J connectivity index is 0.000000514. The van der Waals surface area contributed by atoms with Gasteiger partial charge < -0.3 is 9.64 Å². The lowest BCUT2D eigenvalue weighted by molar-refractivity contribution is -0.116. The molecule has 0 spiro atoms. The largest absolute Gasteiger partial charge is 0.487 e. The molecule has 0 bridgehead atoms. The molecular formula is C13H18N2O2. The van der Waals surface area contributed by atoms with Crippen molar-refractivity contribution in [1.29, 1.82) is 0 Å². The molecule has 0 N–H and O–H groups in total. The zero-order valence-electron chi connectivity index (χ0n) is 10.6. The number of hydrogen-bond acceptors (Lipinski definition) is 4. The fourth-order valence-electron chi connectivity index (χ4n) is 2.25. The molecule has 1 aromatic heterocycles. The number of ether oxygens (including phenoxy) is 1. The number of nitrogens with zero attached hydrogens (tertiary/aromatic N) is 2. The number of rotatable bonds is 0. The summed E-state index contributed by atoms with van der Waals surface area (Å²) in [6, 6.07) is 2.12. The van der Waals surface area contributed by atoms with Crippen LogP contribution in [0.25, 0.3) is 0 Å². The topological polar surface area (TPSA) is 42.4 Å². The maximum atomic E-state index is 11.4. The predicted molar refractivity (Wildman–Crippen MR) is 66.6 cm³/mol. The van der Waals surface area contributed by atoms with Gasteiger partial charge in [0.25, 0.3) is 0 Å². The van der Waals surface area contributed by atoms with Crippen molar-refractivity contribution in [1.82, 2.24) is 4.98 Å². The molecule has 1 aromatic rings. The summed E-state index contributed by atoms with van der Waals surface area (Å²) < 4.78 is 5.66. The van der Waals surface area contributed by atoms with Gasteiger partial charge in [0.2, 0.25) is 0 Å². The van der Waals surface area contributed by atoms with Gasteiger partial charge in [0.05, 0.1) is 12.6 Å². The minimum Gasteiger partial charge on any atom is -0.487 e. The number of fused-ring (bicyclic) bond motifs is 3. The van der Waals surface area contributed by atoms with Gasteiger partial charge >= 0.3 is 0 Å². The van der Waals surface area contributed by atoms with Crippen molar-refractivity contribution in [2.45, 2.75) is 33.2 Å². The first-order chi connectivity index (χ1) is 8.25. The number of aromatic nitrogens is 1. The Morgan fingerprint density at radius 1 is 1.47 bits per heavy atom. The molecule has 3 rings (SSSR count). The third-order valence-electron chi connectivity index (χ3n) is 3.03. The van der Waals surface area contributed by atoms with Crippen molar-refractivity contribution >= 4 is 11.6 Å². The van der Waals surface area contributed by atoms with Gasteiger partial charge in [0.1, 0.15) is 6.61 Å². The van der Waals surface area contributed by atoms with Gasteiger partial charge in [-0.05, 0) is 18.6 Å². The third-order valence-corrected chi connectivity index (χ3v) is 3.03. The highest BCUT2D eigenvalue weighted by Crippen LogP contribution is 2.37. The Morgan fingerprint density at radius 3 is 3.00 bits per heavy atom. The number of Topliss-reactive ketones (excluding diaryl/α,β-unsaturated/α-hetero) is 1. The van der Waals surface area contributed by atoms with Crippen molar-refractivity contribution in [2.75, 3.05) is 18.1 Å². The molecule has 2 aliphatic heterocycles. The lowest BCUT2D eigenvalue weighted by Gasteiger charge is -2.32. The number of carbonyl (C=O) groups excluding carboxylic acids is 1. The summed E-state index contributed by atoms with van der Waals surface area (Å²) in [5, 5.41) is 0. The highest BCUT2D eigenvalue weighted by molar-refractivity contribution is 5.88. The number of anilines is 1. The van der Waals surface area contributed by atoms with Crippen LogP contribution in [-0.2, 0) is 4.79 Å². The quantitative estimate of drug-likeness (QED) is 0.688. The number of pyridine rings is 1. The van der Waals surface area contributed by atoms with Crippen molar-refractivity contribution in [3.05, 3.63) is 17.8 Å². The van der Waals surface area contributed by atoms with E-state index in [1.54, 1.807) is 6.20 Å². The second-order valence-electron chi connectivity index (χ2n) is 4.12. The van der Waals surface area contributed by atoms with Gasteiger partial charge in [-0.15, -0.1) is 0 Å². The van der Waals surface area contributed by atoms with Crippen molar-refractivity contribution < 1.29 is 9.53 Å². The fraction of sp³-hybridized carbons (Fsp3) is 0.538. The fourth-order valence-corrected chi connectivity index (χ4v) is 2.25. The summed E-state index contributed by atoms with van der Waals surface area (Å²) in [6.07, 6.45) is 2.36. The van der Waals surface area contributed by atoms with E-state index in [1.807, 2.05) is 26.8 Å². The summed E-state index contributed by atoms with van der Waals surface area (Å²) in [5.74, 6) is 1.94. The third kappa shape index (κ3) is 1.99. The zero-order valence-corrected chi connectivity index (χ0v) is 10.6. The monoisotopic (exact) mass is 234 g/mol. The Kier molecular flexibility index (Phi) is 3.31. The summed E-state index contributed by atoms with van der Waals surface area (Å²) in [4.78, 5) is 17.7. The molecule has 92 valence electrons. The van der Waals surface area contributed by atoms with Crippen LogP contribution in [0.15, 0.2) is 12.3 Å². The van der Waals surface area contributed by atoms with Crippen LogP contribution in [0.4, 0.5) is 5.82 Å². The molecule has 1 unspecified atom stereocenters. The SMILES string of the molecule is CC.Cc1ccnc2c1OCC1CC(=O)CN21. The lowest BCUT2D eigenvalue weighted by Crippen LogP contribution is -2.39. The Bertz CT molecular complexity index is 431. The average molecular weight is 234 g/mol. The van der Waals surface area contributed by atoms with E-state index in [4.69, 9.17) is 4.74 Å². The molecule has 1 fully saturated rings. The molecule has 4 nitrogen and oxygen atoms in total. The molecule has 1 saturated heterocycles. The zero-order chi connectivity index (χ0) is 12.4. The molecule has 0 saturated carbocycles. The van der Waals surface area contributed by atoms with Crippen LogP contribution in [0.2, 0.25) is 0 Å². The van der Waals surface area contributed by atoms with E-state index in [2.05, 4.69) is 9.88 Å². The molecule has 0 aliphatic carbocycles. The molecule has 17 heavy (non-hydrogen) atoms.